The van der Waals surface area contributed by atoms with Crippen LogP contribution in [0, 0.1) is 17.1 Å². The number of nitrogens with zero attached hydrogens (tertiary/aromatic N) is 3. The Morgan fingerprint density at radius 2 is 2.16 bits per heavy atom. The van der Waals surface area contributed by atoms with Crippen molar-refractivity contribution in [1.82, 2.24) is 9.78 Å². The average Bonchev–Trinajstić information content (AvgIpc) is 2.73. The van der Waals surface area contributed by atoms with Gasteiger partial charge in [-0.2, -0.15) is 10.4 Å². The summed E-state index contributed by atoms with van der Waals surface area (Å²) in [6.45, 7) is 0. The molecule has 6 nitrogen and oxygen atoms in total. The van der Waals surface area contributed by atoms with Crippen LogP contribution in [0.1, 0.15) is 5.56 Å². The van der Waals surface area contributed by atoms with Gasteiger partial charge in [-0.25, -0.2) is 9.18 Å². The Morgan fingerprint density at radius 1 is 1.42 bits per heavy atom. The molecule has 2 aromatic rings. The fraction of sp³-hybridized carbons (Fsp3) is 0.0833. The van der Waals surface area contributed by atoms with E-state index in [0.717, 1.165) is 0 Å². The number of aromatic nitrogens is 2. The number of rotatable bonds is 2. The maximum Gasteiger partial charge on any atom is 0.324 e. The van der Waals surface area contributed by atoms with Crippen molar-refractivity contribution in [2.75, 3.05) is 10.6 Å². The molecule has 7 heteroatoms. The van der Waals surface area contributed by atoms with Crippen molar-refractivity contribution < 1.29 is 9.18 Å². The van der Waals surface area contributed by atoms with E-state index in [4.69, 9.17) is 5.26 Å². The standard InChI is InChI=1S/C12H10FN5O/c1-18-11(8(6-14)7-15-18)17-12(19)16-10-5-3-2-4-9(10)13/h2-5,7H,1H3,(H2,16,17,19). The molecule has 0 atom stereocenters. The molecule has 0 aliphatic heterocycles. The third kappa shape index (κ3) is 2.69. The molecule has 1 heterocycles. The lowest BCUT2D eigenvalue weighted by Crippen LogP contribution is -2.22. The fourth-order valence-electron chi connectivity index (χ4n) is 1.49. The van der Waals surface area contributed by atoms with E-state index >= 15 is 0 Å². The van der Waals surface area contributed by atoms with Crippen molar-refractivity contribution in [2.45, 2.75) is 0 Å². The number of nitrogens with one attached hydrogen (secondary N) is 2. The molecule has 0 unspecified atom stereocenters. The maximum atomic E-state index is 13.3. The molecule has 19 heavy (non-hydrogen) atoms. The highest BCUT2D eigenvalue weighted by molar-refractivity contribution is 5.99. The molecule has 2 amide bonds. The SMILES string of the molecule is Cn1ncc(C#N)c1NC(=O)Nc1ccccc1F. The molecule has 0 fully saturated rings. The Balaban J connectivity index is 2.13. The van der Waals surface area contributed by atoms with Crippen molar-refractivity contribution >= 4 is 17.5 Å². The molecule has 0 spiro atoms. The van der Waals surface area contributed by atoms with Gasteiger partial charge >= 0.3 is 6.03 Å². The van der Waals surface area contributed by atoms with Gasteiger partial charge in [0, 0.05) is 7.05 Å². The molecule has 0 aliphatic rings. The van der Waals surface area contributed by atoms with E-state index in [1.165, 1.54) is 29.1 Å². The van der Waals surface area contributed by atoms with E-state index < -0.39 is 11.8 Å². The van der Waals surface area contributed by atoms with Gasteiger partial charge in [-0.15, -0.1) is 0 Å². The highest BCUT2D eigenvalue weighted by Crippen LogP contribution is 2.15. The van der Waals surface area contributed by atoms with Crippen LogP contribution in [-0.2, 0) is 7.05 Å². The van der Waals surface area contributed by atoms with E-state index in [0.29, 0.717) is 0 Å². The Kier molecular flexibility index (Phi) is 3.43. The number of para-hydroxylation sites is 1. The van der Waals surface area contributed by atoms with Crippen LogP contribution in [0.2, 0.25) is 0 Å². The molecule has 0 saturated heterocycles. The lowest BCUT2D eigenvalue weighted by atomic mass is 10.3. The summed E-state index contributed by atoms with van der Waals surface area (Å²) in [5.74, 6) is -0.292. The predicted molar refractivity (Wildman–Crippen MR) is 67.0 cm³/mol. The van der Waals surface area contributed by atoms with Crippen molar-refractivity contribution in [2.24, 2.45) is 7.05 Å². The molecule has 0 radical (unpaired) electrons. The first kappa shape index (κ1) is 12.6. The minimum atomic E-state index is -0.648. The zero-order valence-corrected chi connectivity index (χ0v) is 10.0. The number of benzene rings is 1. The summed E-state index contributed by atoms with van der Waals surface area (Å²) in [6, 6.07) is 7.04. The Labute approximate surface area is 108 Å². The molecule has 96 valence electrons. The fourth-order valence-corrected chi connectivity index (χ4v) is 1.49. The summed E-state index contributed by atoms with van der Waals surface area (Å²) in [4.78, 5) is 11.7. The Bertz CT molecular complexity index is 658. The van der Waals surface area contributed by atoms with Crippen molar-refractivity contribution in [3.63, 3.8) is 0 Å². The van der Waals surface area contributed by atoms with Crippen LogP contribution in [0.15, 0.2) is 30.5 Å². The first-order chi connectivity index (χ1) is 9.11. The summed E-state index contributed by atoms with van der Waals surface area (Å²) < 4.78 is 14.7. The van der Waals surface area contributed by atoms with Crippen LogP contribution in [0.4, 0.5) is 20.7 Å². The molecule has 1 aromatic carbocycles. The topological polar surface area (TPSA) is 82.7 Å². The third-order valence-electron chi connectivity index (χ3n) is 2.41. The molecule has 2 rings (SSSR count). The number of nitriles is 1. The number of hydrogen-bond donors (Lipinski definition) is 2. The number of halogens is 1. The van der Waals surface area contributed by atoms with Crippen LogP contribution in [0.3, 0.4) is 0 Å². The van der Waals surface area contributed by atoms with Gasteiger partial charge in [0.2, 0.25) is 0 Å². The second kappa shape index (κ2) is 5.18. The summed E-state index contributed by atoms with van der Waals surface area (Å²) in [6.07, 6.45) is 1.33. The molecular formula is C12H10FN5O. The highest BCUT2D eigenvalue weighted by atomic mass is 19.1. The lowest BCUT2D eigenvalue weighted by molar-refractivity contribution is 0.262. The second-order valence-corrected chi connectivity index (χ2v) is 3.70. The van der Waals surface area contributed by atoms with Gasteiger partial charge in [0.1, 0.15) is 23.3 Å². The van der Waals surface area contributed by atoms with Crippen LogP contribution in [0.5, 0.6) is 0 Å². The minimum absolute atomic E-state index is 0.0562. The monoisotopic (exact) mass is 259 g/mol. The molecule has 2 N–H and O–H groups in total. The molecule has 0 aliphatic carbocycles. The van der Waals surface area contributed by atoms with Crippen molar-refractivity contribution in [3.05, 3.63) is 41.8 Å². The lowest BCUT2D eigenvalue weighted by Gasteiger charge is -2.08. The van der Waals surface area contributed by atoms with Gasteiger partial charge in [-0.05, 0) is 12.1 Å². The van der Waals surface area contributed by atoms with Gasteiger partial charge in [-0.1, -0.05) is 12.1 Å². The molecule has 1 aromatic heterocycles. The number of anilines is 2. The molecule has 0 saturated carbocycles. The van der Waals surface area contributed by atoms with Crippen LogP contribution in [-0.4, -0.2) is 15.8 Å². The van der Waals surface area contributed by atoms with Gasteiger partial charge < -0.3 is 5.32 Å². The maximum absolute atomic E-state index is 13.3. The Hall–Kier alpha value is -2.88. The zero-order valence-electron chi connectivity index (χ0n) is 10.0. The average molecular weight is 259 g/mol. The summed E-state index contributed by atoms with van der Waals surface area (Å²) >= 11 is 0. The number of amides is 2. The number of carbonyl (C=O) groups is 1. The number of carbonyl (C=O) groups excluding carboxylic acids is 1. The van der Waals surface area contributed by atoms with E-state index in [-0.39, 0.29) is 17.1 Å². The molecular weight excluding hydrogens is 249 g/mol. The highest BCUT2D eigenvalue weighted by Gasteiger charge is 2.12. The summed E-state index contributed by atoms with van der Waals surface area (Å²) in [5, 5.41) is 17.5. The smallest absolute Gasteiger partial charge is 0.305 e. The second-order valence-electron chi connectivity index (χ2n) is 3.70. The minimum Gasteiger partial charge on any atom is -0.305 e. The van der Waals surface area contributed by atoms with Crippen LogP contribution < -0.4 is 10.6 Å². The van der Waals surface area contributed by atoms with E-state index in [1.54, 1.807) is 13.1 Å². The normalized spacial score (nSPS) is 9.74. The number of aryl methyl sites for hydroxylation is 1. The third-order valence-corrected chi connectivity index (χ3v) is 2.41. The van der Waals surface area contributed by atoms with Crippen molar-refractivity contribution in [3.8, 4) is 6.07 Å². The van der Waals surface area contributed by atoms with E-state index in [9.17, 15) is 9.18 Å². The predicted octanol–water partition coefficient (Wildman–Crippen LogP) is 2.07. The van der Waals surface area contributed by atoms with Gasteiger partial charge in [-0.3, -0.25) is 10.00 Å². The summed E-state index contributed by atoms with van der Waals surface area (Å²) in [5.41, 5.74) is 0.284. The van der Waals surface area contributed by atoms with Crippen LogP contribution in [0.25, 0.3) is 0 Å². The molecule has 0 bridgehead atoms. The van der Waals surface area contributed by atoms with E-state index in [1.807, 2.05) is 6.07 Å². The zero-order chi connectivity index (χ0) is 13.8. The van der Waals surface area contributed by atoms with Gasteiger partial charge in [0.15, 0.2) is 0 Å². The van der Waals surface area contributed by atoms with E-state index in [2.05, 4.69) is 15.7 Å². The first-order valence-electron chi connectivity index (χ1n) is 5.36. The largest absolute Gasteiger partial charge is 0.324 e. The Morgan fingerprint density at radius 3 is 2.84 bits per heavy atom. The van der Waals surface area contributed by atoms with Gasteiger partial charge in [0.25, 0.3) is 0 Å². The number of urea groups is 1. The first-order valence-corrected chi connectivity index (χ1v) is 5.36. The van der Waals surface area contributed by atoms with Crippen LogP contribution >= 0.6 is 0 Å². The van der Waals surface area contributed by atoms with Gasteiger partial charge in [0.05, 0.1) is 11.9 Å². The summed E-state index contributed by atoms with van der Waals surface area (Å²) in [7, 11) is 1.58. The van der Waals surface area contributed by atoms with Crippen molar-refractivity contribution in [1.29, 1.82) is 5.26 Å². The quantitative estimate of drug-likeness (QED) is 0.866. The number of hydrogen-bond acceptors (Lipinski definition) is 3.